The van der Waals surface area contributed by atoms with Gasteiger partial charge in [0.2, 0.25) is 0 Å². The number of rotatable bonds is 1. The molecule has 1 aromatic rings. The fraction of sp³-hybridized carbons (Fsp3) is 0.500. The largest absolute Gasteiger partial charge is 0.337 e. The molecule has 0 saturated carbocycles. The van der Waals surface area contributed by atoms with E-state index in [2.05, 4.69) is 5.32 Å². The fourth-order valence-electron chi connectivity index (χ4n) is 1.71. The summed E-state index contributed by atoms with van der Waals surface area (Å²) >= 11 is 13.0. The van der Waals surface area contributed by atoms with Gasteiger partial charge in [0.15, 0.2) is 0 Å². The van der Waals surface area contributed by atoms with Gasteiger partial charge in [0.1, 0.15) is 4.34 Å². The van der Waals surface area contributed by atoms with Crippen LogP contribution in [0.25, 0.3) is 0 Å². The highest BCUT2D eigenvalue weighted by Gasteiger charge is 2.21. The average molecular weight is 316 g/mol. The predicted octanol–water partition coefficient (Wildman–Crippen LogP) is 2.91. The van der Waals surface area contributed by atoms with Crippen molar-refractivity contribution in [3.8, 4) is 0 Å². The van der Waals surface area contributed by atoms with Gasteiger partial charge in [-0.1, -0.05) is 23.2 Å². The van der Waals surface area contributed by atoms with E-state index in [0.717, 1.165) is 32.6 Å². The number of nitrogens with one attached hydrogen (secondary N) is 1. The first-order chi connectivity index (χ1) is 7.68. The van der Waals surface area contributed by atoms with Crippen molar-refractivity contribution in [2.45, 2.75) is 6.42 Å². The van der Waals surface area contributed by atoms with E-state index in [1.807, 2.05) is 4.90 Å². The van der Waals surface area contributed by atoms with Crippen LogP contribution in [-0.2, 0) is 0 Å². The number of hydrogen-bond donors (Lipinski definition) is 1. The summed E-state index contributed by atoms with van der Waals surface area (Å²) in [5.74, 6) is -0.0168. The van der Waals surface area contributed by atoms with Gasteiger partial charge in [-0.2, -0.15) is 0 Å². The second-order valence-electron chi connectivity index (χ2n) is 3.63. The van der Waals surface area contributed by atoms with E-state index < -0.39 is 0 Å². The maximum absolute atomic E-state index is 12.1. The molecule has 1 fully saturated rings. The summed E-state index contributed by atoms with van der Waals surface area (Å²) in [5, 5.41) is 3.25. The highest BCUT2D eigenvalue weighted by Crippen LogP contribution is 2.31. The molecule has 96 valence electrons. The molecule has 0 aliphatic carbocycles. The van der Waals surface area contributed by atoms with Crippen molar-refractivity contribution >= 4 is 52.9 Å². The van der Waals surface area contributed by atoms with Gasteiger partial charge >= 0.3 is 0 Å². The maximum atomic E-state index is 12.1. The predicted molar refractivity (Wildman–Crippen MR) is 75.0 cm³/mol. The van der Waals surface area contributed by atoms with E-state index in [4.69, 9.17) is 23.2 Å². The van der Waals surface area contributed by atoms with Gasteiger partial charge in [-0.3, -0.25) is 4.79 Å². The van der Waals surface area contributed by atoms with Crippen molar-refractivity contribution in [2.75, 3.05) is 26.2 Å². The first-order valence-corrected chi connectivity index (χ1v) is 6.70. The van der Waals surface area contributed by atoms with Gasteiger partial charge in [0.25, 0.3) is 5.91 Å². The van der Waals surface area contributed by atoms with Crippen molar-refractivity contribution in [3.63, 3.8) is 0 Å². The lowest BCUT2D eigenvalue weighted by atomic mass is 10.3. The van der Waals surface area contributed by atoms with Crippen LogP contribution < -0.4 is 5.32 Å². The van der Waals surface area contributed by atoms with Crippen LogP contribution in [-0.4, -0.2) is 37.0 Å². The Hall–Kier alpha value is -0.000000000000000104. The molecule has 0 unspecified atom stereocenters. The Kier molecular flexibility index (Phi) is 6.03. The highest BCUT2D eigenvalue weighted by atomic mass is 35.5. The van der Waals surface area contributed by atoms with E-state index in [9.17, 15) is 4.79 Å². The van der Waals surface area contributed by atoms with Crippen molar-refractivity contribution in [2.24, 2.45) is 0 Å². The molecule has 0 atom stereocenters. The molecule has 1 amide bonds. The second kappa shape index (κ2) is 6.81. The van der Waals surface area contributed by atoms with Gasteiger partial charge in [-0.25, -0.2) is 0 Å². The zero-order valence-electron chi connectivity index (χ0n) is 9.04. The number of amides is 1. The zero-order chi connectivity index (χ0) is 11.5. The fourth-order valence-corrected chi connectivity index (χ4v) is 3.15. The van der Waals surface area contributed by atoms with Crippen molar-refractivity contribution in [1.82, 2.24) is 10.2 Å². The Morgan fingerprint density at radius 1 is 1.35 bits per heavy atom. The van der Waals surface area contributed by atoms with Gasteiger partial charge in [-0.05, 0) is 19.0 Å². The number of carbonyl (C=O) groups is 1. The number of hydrogen-bond acceptors (Lipinski definition) is 3. The number of thiophene rings is 1. The van der Waals surface area contributed by atoms with E-state index in [1.54, 1.807) is 6.07 Å². The lowest BCUT2D eigenvalue weighted by Gasteiger charge is -2.19. The van der Waals surface area contributed by atoms with E-state index in [1.165, 1.54) is 11.3 Å². The first kappa shape index (κ1) is 15.1. The van der Waals surface area contributed by atoms with Gasteiger partial charge in [-0.15, -0.1) is 23.7 Å². The molecule has 2 rings (SSSR count). The van der Waals surface area contributed by atoms with Crippen LogP contribution in [0, 0.1) is 0 Å². The number of halogens is 3. The molecule has 1 aromatic heterocycles. The van der Waals surface area contributed by atoms with Crippen LogP contribution in [0.15, 0.2) is 6.07 Å². The van der Waals surface area contributed by atoms with Crippen LogP contribution in [0.4, 0.5) is 0 Å². The minimum atomic E-state index is -0.0168. The first-order valence-electron chi connectivity index (χ1n) is 5.13. The second-order valence-corrected chi connectivity index (χ2v) is 5.92. The molecule has 1 N–H and O–H groups in total. The van der Waals surface area contributed by atoms with E-state index >= 15 is 0 Å². The standard InChI is InChI=1S/C10H12Cl2N2OS.ClH/c11-8-6-7(9(12)16-8)10(15)14-4-1-2-13-3-5-14;/h6,13H,1-5H2;1H. The summed E-state index contributed by atoms with van der Waals surface area (Å²) in [4.78, 5) is 14.0. The monoisotopic (exact) mass is 314 g/mol. The highest BCUT2D eigenvalue weighted by molar-refractivity contribution is 7.20. The topological polar surface area (TPSA) is 32.3 Å². The summed E-state index contributed by atoms with van der Waals surface area (Å²) in [7, 11) is 0. The third-order valence-electron chi connectivity index (χ3n) is 2.51. The summed E-state index contributed by atoms with van der Waals surface area (Å²) in [5.41, 5.74) is 0.526. The summed E-state index contributed by atoms with van der Waals surface area (Å²) in [6.07, 6.45) is 0.973. The smallest absolute Gasteiger partial charge is 0.256 e. The Balaban J connectivity index is 0.00000144. The van der Waals surface area contributed by atoms with Crippen LogP contribution >= 0.6 is 46.9 Å². The average Bonchev–Trinajstić information content (AvgIpc) is 2.49. The normalized spacial score (nSPS) is 16.2. The van der Waals surface area contributed by atoms with Crippen molar-refractivity contribution in [3.05, 3.63) is 20.3 Å². The molecule has 17 heavy (non-hydrogen) atoms. The maximum Gasteiger partial charge on any atom is 0.256 e. The molecule has 2 heterocycles. The summed E-state index contributed by atoms with van der Waals surface area (Å²) in [6, 6.07) is 1.65. The minimum Gasteiger partial charge on any atom is -0.337 e. The number of nitrogens with zero attached hydrogens (tertiary/aromatic N) is 1. The molecule has 1 aliphatic heterocycles. The van der Waals surface area contributed by atoms with Gasteiger partial charge < -0.3 is 10.2 Å². The third-order valence-corrected chi connectivity index (χ3v) is 4.00. The van der Waals surface area contributed by atoms with E-state index in [0.29, 0.717) is 14.2 Å². The summed E-state index contributed by atoms with van der Waals surface area (Å²) in [6.45, 7) is 3.29. The van der Waals surface area contributed by atoms with Crippen LogP contribution in [0.5, 0.6) is 0 Å². The Labute approximate surface area is 120 Å². The van der Waals surface area contributed by atoms with Crippen LogP contribution in [0.2, 0.25) is 8.67 Å². The molecule has 7 heteroatoms. The van der Waals surface area contributed by atoms with Gasteiger partial charge in [0, 0.05) is 19.6 Å². The van der Waals surface area contributed by atoms with Gasteiger partial charge in [0.05, 0.1) is 9.90 Å². The Morgan fingerprint density at radius 3 is 2.76 bits per heavy atom. The van der Waals surface area contributed by atoms with E-state index in [-0.39, 0.29) is 18.3 Å². The Bertz CT molecular complexity index is 389. The molecule has 0 bridgehead atoms. The van der Waals surface area contributed by atoms with Crippen molar-refractivity contribution in [1.29, 1.82) is 0 Å². The third kappa shape index (κ3) is 3.73. The zero-order valence-corrected chi connectivity index (χ0v) is 12.2. The van der Waals surface area contributed by atoms with Crippen LogP contribution in [0.3, 0.4) is 0 Å². The molecule has 1 saturated heterocycles. The molecular formula is C10H13Cl3N2OS. The minimum absolute atomic E-state index is 0. The SMILES string of the molecule is Cl.O=C(c1cc(Cl)sc1Cl)N1CCCNCC1. The summed E-state index contributed by atoms with van der Waals surface area (Å²) < 4.78 is 1.04. The molecule has 3 nitrogen and oxygen atoms in total. The molecule has 0 radical (unpaired) electrons. The molecule has 1 aliphatic rings. The molecular weight excluding hydrogens is 303 g/mol. The Morgan fingerprint density at radius 2 is 2.12 bits per heavy atom. The lowest BCUT2D eigenvalue weighted by Crippen LogP contribution is -2.34. The quantitative estimate of drug-likeness (QED) is 0.864. The number of carbonyl (C=O) groups excluding carboxylic acids is 1. The van der Waals surface area contributed by atoms with Crippen molar-refractivity contribution < 1.29 is 4.79 Å². The molecule has 0 aromatic carbocycles. The lowest BCUT2D eigenvalue weighted by molar-refractivity contribution is 0.0767. The van der Waals surface area contributed by atoms with Crippen LogP contribution in [0.1, 0.15) is 16.8 Å². The molecule has 0 spiro atoms.